The number of alkyl halides is 3. The summed E-state index contributed by atoms with van der Waals surface area (Å²) in [5, 5.41) is 15.8. The standard InChI is InChI=1S/C18H17F3N4/c19-18(20,21)15-2-1-10(3-12(15)6-22)11-4-13-7-24-17(13)16(5-11)25-14-8-23-9-14/h1-3,5,7,11,13-14,17,23,25H,4,8-9H2. The van der Waals surface area contributed by atoms with Crippen molar-refractivity contribution in [1.82, 2.24) is 10.6 Å². The molecule has 2 aliphatic heterocycles. The van der Waals surface area contributed by atoms with Crippen molar-refractivity contribution in [2.24, 2.45) is 10.9 Å². The molecule has 130 valence electrons. The maximum Gasteiger partial charge on any atom is 0.417 e. The van der Waals surface area contributed by atoms with Gasteiger partial charge in [-0.2, -0.15) is 18.4 Å². The molecule has 7 heteroatoms. The van der Waals surface area contributed by atoms with E-state index in [0.717, 1.165) is 36.8 Å². The van der Waals surface area contributed by atoms with Gasteiger partial charge in [0, 0.05) is 36.8 Å². The third-order valence-electron chi connectivity index (χ3n) is 5.12. The van der Waals surface area contributed by atoms with Gasteiger partial charge in [-0.1, -0.05) is 12.1 Å². The maximum atomic E-state index is 13.0. The van der Waals surface area contributed by atoms with Crippen LogP contribution in [0.2, 0.25) is 0 Å². The zero-order chi connectivity index (χ0) is 17.6. The number of nitrogens with one attached hydrogen (secondary N) is 2. The van der Waals surface area contributed by atoms with Gasteiger partial charge in [0.1, 0.15) is 0 Å². The van der Waals surface area contributed by atoms with Crippen LogP contribution < -0.4 is 10.6 Å². The molecular weight excluding hydrogens is 329 g/mol. The molecule has 1 saturated heterocycles. The summed E-state index contributed by atoms with van der Waals surface area (Å²) in [6, 6.07) is 6.09. The van der Waals surface area contributed by atoms with Crippen molar-refractivity contribution in [3.63, 3.8) is 0 Å². The van der Waals surface area contributed by atoms with E-state index in [0.29, 0.717) is 12.0 Å². The highest BCUT2D eigenvalue weighted by molar-refractivity contribution is 5.71. The first kappa shape index (κ1) is 16.2. The topological polar surface area (TPSA) is 60.2 Å². The zero-order valence-electron chi connectivity index (χ0n) is 13.3. The molecule has 1 aromatic carbocycles. The number of allylic oxidation sites excluding steroid dienone is 1. The van der Waals surface area contributed by atoms with Gasteiger partial charge in [0.05, 0.1) is 29.3 Å². The van der Waals surface area contributed by atoms with Crippen LogP contribution in [0, 0.1) is 17.2 Å². The molecule has 0 aromatic heterocycles. The van der Waals surface area contributed by atoms with E-state index in [1.807, 2.05) is 6.21 Å². The summed E-state index contributed by atoms with van der Waals surface area (Å²) >= 11 is 0. The van der Waals surface area contributed by atoms with Gasteiger partial charge in [-0.05, 0) is 24.1 Å². The van der Waals surface area contributed by atoms with Gasteiger partial charge in [-0.3, -0.25) is 4.99 Å². The van der Waals surface area contributed by atoms with Crippen molar-refractivity contribution in [2.45, 2.75) is 30.6 Å². The first-order valence-corrected chi connectivity index (χ1v) is 8.29. The minimum atomic E-state index is -4.51. The lowest BCUT2D eigenvalue weighted by atomic mass is 9.75. The molecule has 0 saturated carbocycles. The second kappa shape index (κ2) is 5.88. The van der Waals surface area contributed by atoms with E-state index in [-0.39, 0.29) is 17.5 Å². The Hall–Kier alpha value is -2.33. The van der Waals surface area contributed by atoms with Crippen molar-refractivity contribution in [3.8, 4) is 6.07 Å². The zero-order valence-corrected chi connectivity index (χ0v) is 13.3. The summed E-state index contributed by atoms with van der Waals surface area (Å²) < 4.78 is 39.0. The lowest BCUT2D eigenvalue weighted by Gasteiger charge is -2.41. The van der Waals surface area contributed by atoms with E-state index in [2.05, 4.69) is 21.7 Å². The Kier molecular flexibility index (Phi) is 3.80. The van der Waals surface area contributed by atoms with Gasteiger partial charge in [0.25, 0.3) is 0 Å². The van der Waals surface area contributed by atoms with Gasteiger partial charge in [-0.15, -0.1) is 0 Å². The summed E-state index contributed by atoms with van der Waals surface area (Å²) in [5.41, 5.74) is 0.601. The number of rotatable bonds is 3. The van der Waals surface area contributed by atoms with Crippen molar-refractivity contribution < 1.29 is 13.2 Å². The maximum absolute atomic E-state index is 13.0. The van der Waals surface area contributed by atoms with Gasteiger partial charge in [-0.25, -0.2) is 0 Å². The van der Waals surface area contributed by atoms with Crippen LogP contribution in [0.3, 0.4) is 0 Å². The molecule has 0 spiro atoms. The summed E-state index contributed by atoms with van der Waals surface area (Å²) in [6.45, 7) is 1.81. The average Bonchev–Trinajstić information content (AvgIpc) is 2.50. The van der Waals surface area contributed by atoms with Crippen LogP contribution in [0.1, 0.15) is 29.0 Å². The predicted molar refractivity (Wildman–Crippen MR) is 87.2 cm³/mol. The summed E-state index contributed by atoms with van der Waals surface area (Å²) in [4.78, 5) is 4.41. The first-order valence-electron chi connectivity index (χ1n) is 8.29. The van der Waals surface area contributed by atoms with E-state index in [1.54, 1.807) is 6.07 Å². The molecule has 25 heavy (non-hydrogen) atoms. The minimum Gasteiger partial charge on any atom is -0.382 e. The molecular formula is C18H17F3N4. The molecule has 1 aromatic rings. The number of aliphatic imine (C=N–C) groups is 1. The fourth-order valence-corrected chi connectivity index (χ4v) is 3.60. The number of nitrogens with zero attached hydrogens (tertiary/aromatic N) is 2. The van der Waals surface area contributed by atoms with Crippen molar-refractivity contribution in [1.29, 1.82) is 5.26 Å². The number of fused-ring (bicyclic) bond motifs is 1. The smallest absolute Gasteiger partial charge is 0.382 e. The van der Waals surface area contributed by atoms with Gasteiger partial charge in [0.15, 0.2) is 0 Å². The second-order valence-electron chi connectivity index (χ2n) is 6.79. The second-order valence-corrected chi connectivity index (χ2v) is 6.79. The number of nitriles is 1. The van der Waals surface area contributed by atoms with Gasteiger partial charge < -0.3 is 10.6 Å². The van der Waals surface area contributed by atoms with E-state index in [1.165, 1.54) is 12.1 Å². The molecule has 2 N–H and O–H groups in total. The molecule has 3 atom stereocenters. The lowest BCUT2D eigenvalue weighted by molar-refractivity contribution is -0.137. The summed E-state index contributed by atoms with van der Waals surface area (Å²) in [6.07, 6.45) is 0.278. The minimum absolute atomic E-state index is 0.0158. The quantitative estimate of drug-likeness (QED) is 0.884. The van der Waals surface area contributed by atoms with Crippen LogP contribution in [0.5, 0.6) is 0 Å². The molecule has 0 radical (unpaired) electrons. The molecule has 4 nitrogen and oxygen atoms in total. The Bertz CT molecular complexity index is 786. The number of hydrogen-bond donors (Lipinski definition) is 2. The number of benzene rings is 1. The SMILES string of the molecule is N#Cc1cc(C2C=C(NC3CNC3)C3N=CC3C2)ccc1C(F)(F)F. The summed E-state index contributed by atoms with van der Waals surface area (Å²) in [7, 11) is 0. The Balaban J connectivity index is 1.63. The van der Waals surface area contributed by atoms with Crippen LogP contribution in [-0.4, -0.2) is 31.4 Å². The van der Waals surface area contributed by atoms with Crippen LogP contribution in [0.4, 0.5) is 13.2 Å². The normalized spacial score (nSPS) is 28.2. The highest BCUT2D eigenvalue weighted by Crippen LogP contribution is 2.40. The predicted octanol–water partition coefficient (Wildman–Crippen LogP) is 2.58. The fourth-order valence-electron chi connectivity index (χ4n) is 3.60. The monoisotopic (exact) mass is 346 g/mol. The Morgan fingerprint density at radius 1 is 1.28 bits per heavy atom. The Labute approximate surface area is 143 Å². The number of hydrogen-bond acceptors (Lipinski definition) is 4. The first-order chi connectivity index (χ1) is 12.0. The van der Waals surface area contributed by atoms with Crippen molar-refractivity contribution in [3.05, 3.63) is 46.7 Å². The average molecular weight is 346 g/mol. The van der Waals surface area contributed by atoms with Crippen molar-refractivity contribution >= 4 is 6.21 Å². The molecule has 3 unspecified atom stereocenters. The molecule has 1 aliphatic carbocycles. The van der Waals surface area contributed by atoms with Crippen LogP contribution >= 0.6 is 0 Å². The van der Waals surface area contributed by atoms with Gasteiger partial charge >= 0.3 is 6.18 Å². The van der Waals surface area contributed by atoms with E-state index in [4.69, 9.17) is 5.26 Å². The third kappa shape index (κ3) is 2.91. The Morgan fingerprint density at radius 2 is 2.08 bits per heavy atom. The van der Waals surface area contributed by atoms with E-state index >= 15 is 0 Å². The molecule has 0 amide bonds. The molecule has 1 fully saturated rings. The van der Waals surface area contributed by atoms with E-state index in [9.17, 15) is 13.2 Å². The Morgan fingerprint density at radius 3 is 2.64 bits per heavy atom. The fraction of sp³-hybridized carbons (Fsp3) is 0.444. The van der Waals surface area contributed by atoms with Crippen LogP contribution in [-0.2, 0) is 6.18 Å². The van der Waals surface area contributed by atoms with E-state index < -0.39 is 11.7 Å². The summed E-state index contributed by atoms with van der Waals surface area (Å²) in [5.74, 6) is 0.288. The molecule has 0 bridgehead atoms. The van der Waals surface area contributed by atoms with Crippen LogP contribution in [0.25, 0.3) is 0 Å². The van der Waals surface area contributed by atoms with Gasteiger partial charge in [0.2, 0.25) is 0 Å². The number of halogens is 3. The third-order valence-corrected chi connectivity index (χ3v) is 5.12. The highest BCUT2D eigenvalue weighted by Gasteiger charge is 2.38. The largest absolute Gasteiger partial charge is 0.417 e. The van der Waals surface area contributed by atoms with Crippen LogP contribution in [0.15, 0.2) is 35.0 Å². The molecule has 3 aliphatic rings. The highest BCUT2D eigenvalue weighted by atomic mass is 19.4. The van der Waals surface area contributed by atoms with Crippen molar-refractivity contribution in [2.75, 3.05) is 13.1 Å². The lowest BCUT2D eigenvalue weighted by Crippen LogP contribution is -2.57. The molecule has 2 heterocycles. The molecule has 4 rings (SSSR count).